The molecule has 19 heavy (non-hydrogen) atoms. The Labute approximate surface area is 112 Å². The molecule has 0 heterocycles. The van der Waals surface area contributed by atoms with Crippen LogP contribution in [0.25, 0.3) is 0 Å². The van der Waals surface area contributed by atoms with Gasteiger partial charge in [-0.2, -0.15) is 0 Å². The first kappa shape index (κ1) is 14.8. The lowest BCUT2D eigenvalue weighted by atomic mass is 9.85. The Kier molecular flexibility index (Phi) is 4.71. The molecular weight excluding hydrogens is 242 g/mol. The zero-order valence-corrected chi connectivity index (χ0v) is 11.1. The van der Waals surface area contributed by atoms with Crippen LogP contribution in [0.2, 0.25) is 0 Å². The van der Waals surface area contributed by atoms with E-state index in [9.17, 15) is 9.59 Å². The molecule has 0 saturated heterocycles. The van der Waals surface area contributed by atoms with Gasteiger partial charge in [0.25, 0.3) is 0 Å². The maximum absolute atomic E-state index is 11.5. The molecule has 0 spiro atoms. The molecule has 0 atom stereocenters. The van der Waals surface area contributed by atoms with E-state index in [2.05, 4.69) is 11.2 Å². The fourth-order valence-corrected chi connectivity index (χ4v) is 1.50. The summed E-state index contributed by atoms with van der Waals surface area (Å²) in [5.41, 5.74) is 0.361. The molecule has 0 saturated carbocycles. The van der Waals surface area contributed by atoms with Crippen molar-refractivity contribution in [2.75, 3.05) is 5.32 Å². The van der Waals surface area contributed by atoms with Crippen LogP contribution in [0.4, 0.5) is 5.69 Å². The Morgan fingerprint density at radius 2 is 1.89 bits per heavy atom. The fraction of sp³-hybridized carbons (Fsp3) is 0.333. The Morgan fingerprint density at radius 3 is 2.37 bits per heavy atom. The minimum Gasteiger partial charge on any atom is -0.481 e. The van der Waals surface area contributed by atoms with E-state index in [4.69, 9.17) is 11.5 Å². The van der Waals surface area contributed by atoms with Gasteiger partial charge < -0.3 is 10.4 Å². The number of hydrogen-bond donors (Lipinski definition) is 2. The highest BCUT2D eigenvalue weighted by atomic mass is 16.4. The average Bonchev–Trinajstić information content (AvgIpc) is 2.36. The van der Waals surface area contributed by atoms with Crippen LogP contribution in [0.1, 0.15) is 32.3 Å². The number of amides is 1. The molecule has 0 radical (unpaired) electrons. The summed E-state index contributed by atoms with van der Waals surface area (Å²) in [5, 5.41) is 11.8. The molecule has 0 bridgehead atoms. The van der Waals surface area contributed by atoms with Crippen molar-refractivity contribution >= 4 is 17.6 Å². The highest BCUT2D eigenvalue weighted by Gasteiger charge is 2.29. The van der Waals surface area contributed by atoms with E-state index in [-0.39, 0.29) is 12.3 Å². The highest BCUT2D eigenvalue weighted by molar-refractivity contribution is 5.91. The van der Waals surface area contributed by atoms with E-state index in [1.54, 1.807) is 38.1 Å². The highest BCUT2D eigenvalue weighted by Crippen LogP contribution is 2.24. The number of anilines is 1. The first-order valence-corrected chi connectivity index (χ1v) is 5.95. The lowest BCUT2D eigenvalue weighted by molar-refractivity contribution is -0.142. The van der Waals surface area contributed by atoms with Gasteiger partial charge in [-0.3, -0.25) is 9.59 Å². The summed E-state index contributed by atoms with van der Waals surface area (Å²) >= 11 is 0. The number of carboxylic acid groups (broad SMARTS) is 1. The van der Waals surface area contributed by atoms with Crippen LogP contribution in [0.3, 0.4) is 0 Å². The maximum Gasteiger partial charge on any atom is 0.313 e. The van der Waals surface area contributed by atoms with Crippen LogP contribution >= 0.6 is 0 Å². The van der Waals surface area contributed by atoms with Crippen molar-refractivity contribution in [1.29, 1.82) is 0 Å². The van der Waals surface area contributed by atoms with Crippen LogP contribution in [-0.4, -0.2) is 17.0 Å². The van der Waals surface area contributed by atoms with Gasteiger partial charge in [0.1, 0.15) is 0 Å². The zero-order chi connectivity index (χ0) is 14.5. The number of hydrogen-bond acceptors (Lipinski definition) is 2. The van der Waals surface area contributed by atoms with Crippen molar-refractivity contribution in [1.82, 2.24) is 0 Å². The van der Waals surface area contributed by atoms with E-state index >= 15 is 0 Å². The maximum atomic E-state index is 11.5. The summed E-state index contributed by atoms with van der Waals surface area (Å²) in [5.74, 6) is 1.36. The van der Waals surface area contributed by atoms with Gasteiger partial charge >= 0.3 is 5.97 Å². The molecule has 0 aliphatic heterocycles. The fourth-order valence-electron chi connectivity index (χ4n) is 1.50. The molecule has 0 aliphatic rings. The minimum atomic E-state index is -0.952. The molecule has 100 valence electrons. The summed E-state index contributed by atoms with van der Waals surface area (Å²) in [6.45, 7) is 3.27. The lowest BCUT2D eigenvalue weighted by Crippen LogP contribution is -2.28. The largest absolute Gasteiger partial charge is 0.481 e. The number of terminal acetylenes is 1. The number of carbonyl (C=O) groups is 2. The van der Waals surface area contributed by atoms with Gasteiger partial charge in [0, 0.05) is 18.5 Å². The van der Waals surface area contributed by atoms with Gasteiger partial charge in [-0.1, -0.05) is 12.1 Å². The summed E-state index contributed by atoms with van der Waals surface area (Å²) in [6.07, 6.45) is 5.76. The smallest absolute Gasteiger partial charge is 0.313 e. The second-order valence-electron chi connectivity index (χ2n) is 4.76. The minimum absolute atomic E-state index is 0.150. The summed E-state index contributed by atoms with van der Waals surface area (Å²) < 4.78 is 0. The molecule has 4 heteroatoms. The van der Waals surface area contributed by atoms with Crippen LogP contribution < -0.4 is 5.32 Å². The Morgan fingerprint density at radius 1 is 1.32 bits per heavy atom. The second-order valence-corrected chi connectivity index (χ2v) is 4.76. The first-order valence-electron chi connectivity index (χ1n) is 5.95. The lowest BCUT2D eigenvalue weighted by Gasteiger charge is -2.19. The van der Waals surface area contributed by atoms with E-state index in [1.807, 2.05) is 0 Å². The topological polar surface area (TPSA) is 66.4 Å². The normalized spacial score (nSPS) is 10.6. The zero-order valence-electron chi connectivity index (χ0n) is 11.1. The first-order chi connectivity index (χ1) is 8.87. The number of rotatable bonds is 5. The predicted molar refractivity (Wildman–Crippen MR) is 73.8 cm³/mol. The van der Waals surface area contributed by atoms with Gasteiger partial charge in [-0.25, -0.2) is 0 Å². The van der Waals surface area contributed by atoms with Gasteiger partial charge in [-0.15, -0.1) is 12.3 Å². The Bertz CT molecular complexity index is 509. The quantitative estimate of drug-likeness (QED) is 0.798. The molecule has 4 nitrogen and oxygen atoms in total. The third-order valence-corrected chi connectivity index (χ3v) is 2.92. The van der Waals surface area contributed by atoms with Gasteiger partial charge in [0.15, 0.2) is 0 Å². The third-order valence-electron chi connectivity index (χ3n) is 2.92. The van der Waals surface area contributed by atoms with E-state index in [1.165, 1.54) is 0 Å². The number of aliphatic carboxylic acids is 1. The molecule has 0 unspecified atom stereocenters. The van der Waals surface area contributed by atoms with Crippen molar-refractivity contribution in [2.45, 2.75) is 32.1 Å². The van der Waals surface area contributed by atoms with Crippen LogP contribution in [0.5, 0.6) is 0 Å². The molecular formula is C15H17NO3. The van der Waals surface area contributed by atoms with E-state index in [0.29, 0.717) is 17.7 Å². The van der Waals surface area contributed by atoms with Crippen molar-refractivity contribution < 1.29 is 14.7 Å². The Hall–Kier alpha value is -2.28. The molecule has 0 fully saturated rings. The number of nitrogens with one attached hydrogen (secondary N) is 1. The molecule has 0 aliphatic carbocycles. The molecule has 0 aromatic heterocycles. The third kappa shape index (κ3) is 3.85. The van der Waals surface area contributed by atoms with Gasteiger partial charge in [0.05, 0.1) is 5.41 Å². The second kappa shape index (κ2) is 6.05. The number of carbonyl (C=O) groups excluding carboxylic acids is 1. The number of benzene rings is 1. The molecule has 1 amide bonds. The van der Waals surface area contributed by atoms with Crippen molar-refractivity contribution in [3.8, 4) is 12.3 Å². The summed E-state index contributed by atoms with van der Waals surface area (Å²) in [7, 11) is 0. The predicted octanol–water partition coefficient (Wildman–Crippen LogP) is 2.40. The standard InChI is InChI=1S/C15H17NO3/c1-4-5-6-13(17)16-12-9-7-11(8-10-12)15(2,3)14(18)19/h1,7-10H,5-6H2,2-3H3,(H,16,17)(H,18,19). The van der Waals surface area contributed by atoms with Crippen LogP contribution in [0, 0.1) is 12.3 Å². The van der Waals surface area contributed by atoms with Crippen molar-refractivity contribution in [2.24, 2.45) is 0 Å². The monoisotopic (exact) mass is 259 g/mol. The van der Waals surface area contributed by atoms with Crippen molar-refractivity contribution in [3.63, 3.8) is 0 Å². The Balaban J connectivity index is 2.75. The van der Waals surface area contributed by atoms with E-state index < -0.39 is 11.4 Å². The van der Waals surface area contributed by atoms with Crippen LogP contribution in [-0.2, 0) is 15.0 Å². The van der Waals surface area contributed by atoms with Crippen LogP contribution in [0.15, 0.2) is 24.3 Å². The summed E-state index contributed by atoms with van der Waals surface area (Å²) in [6, 6.07) is 6.78. The molecule has 1 aromatic carbocycles. The molecule has 2 N–H and O–H groups in total. The molecule has 1 aromatic rings. The van der Waals surface area contributed by atoms with Crippen molar-refractivity contribution in [3.05, 3.63) is 29.8 Å². The SMILES string of the molecule is C#CCCC(=O)Nc1ccc(C(C)(C)C(=O)O)cc1. The van der Waals surface area contributed by atoms with Gasteiger partial charge in [0.2, 0.25) is 5.91 Å². The number of carboxylic acids is 1. The average molecular weight is 259 g/mol. The van der Waals surface area contributed by atoms with Gasteiger partial charge in [-0.05, 0) is 31.5 Å². The van der Waals surface area contributed by atoms with E-state index in [0.717, 1.165) is 0 Å². The molecule has 1 rings (SSSR count). The summed E-state index contributed by atoms with van der Waals surface area (Å²) in [4.78, 5) is 22.6.